The molecule has 1 amide bonds. The monoisotopic (exact) mass is 349 g/mol. The third kappa shape index (κ3) is 3.86. The van der Waals surface area contributed by atoms with Crippen molar-refractivity contribution in [3.8, 4) is 0 Å². The molecule has 1 aliphatic rings. The third-order valence-electron chi connectivity index (χ3n) is 2.61. The number of aliphatic carboxylic acids is 1. The highest BCUT2D eigenvalue weighted by Gasteiger charge is 2.32. The average molecular weight is 349 g/mol. The number of amides is 1. The number of benzene rings is 1. The number of thioether (sulfide) groups is 1. The van der Waals surface area contributed by atoms with Gasteiger partial charge in [-0.15, -0.1) is 5.10 Å². The van der Waals surface area contributed by atoms with Crippen LogP contribution >= 0.6 is 11.8 Å². The second-order valence-electron chi connectivity index (χ2n) is 4.23. The van der Waals surface area contributed by atoms with Crippen LogP contribution in [0.4, 0.5) is 17.6 Å². The van der Waals surface area contributed by atoms with Crippen LogP contribution < -0.4 is 5.32 Å². The molecular formula is C12H7F4N3O3S. The fourth-order valence-corrected chi connectivity index (χ4v) is 2.49. The minimum Gasteiger partial charge on any atom is -0.481 e. The molecule has 0 saturated carbocycles. The lowest BCUT2D eigenvalue weighted by molar-refractivity contribution is -0.138. The van der Waals surface area contributed by atoms with E-state index in [-0.39, 0.29) is 5.17 Å². The Balaban J connectivity index is 2.13. The second-order valence-corrected chi connectivity index (χ2v) is 5.42. The molecule has 1 unspecified atom stereocenters. The number of carbonyl (C=O) groups excluding carboxylic acids is 1. The summed E-state index contributed by atoms with van der Waals surface area (Å²) in [6, 6.07) is 0.394. The van der Waals surface area contributed by atoms with Gasteiger partial charge in [-0.25, -0.2) is 17.6 Å². The summed E-state index contributed by atoms with van der Waals surface area (Å²) < 4.78 is 52.1. The fraction of sp³-hybridized carbons (Fsp3) is 0.167. The van der Waals surface area contributed by atoms with Crippen LogP contribution in [-0.2, 0) is 9.59 Å². The summed E-state index contributed by atoms with van der Waals surface area (Å²) in [7, 11) is 0. The molecule has 2 N–H and O–H groups in total. The first-order chi connectivity index (χ1) is 10.8. The smallest absolute Gasteiger partial charge is 0.305 e. The van der Waals surface area contributed by atoms with E-state index in [1.165, 1.54) is 0 Å². The Morgan fingerprint density at radius 2 is 2.00 bits per heavy atom. The first-order valence-electron chi connectivity index (χ1n) is 5.93. The lowest BCUT2D eigenvalue weighted by Gasteiger charge is -2.00. The van der Waals surface area contributed by atoms with Crippen molar-refractivity contribution in [1.29, 1.82) is 0 Å². The normalized spacial score (nSPS) is 19.6. The van der Waals surface area contributed by atoms with Gasteiger partial charge in [0.1, 0.15) is 5.25 Å². The number of carboxylic acids is 1. The molecule has 0 aliphatic carbocycles. The van der Waals surface area contributed by atoms with Crippen molar-refractivity contribution >= 4 is 35.0 Å². The number of nitrogens with zero attached hydrogens (tertiary/aromatic N) is 2. The van der Waals surface area contributed by atoms with Gasteiger partial charge in [0, 0.05) is 5.56 Å². The maximum Gasteiger partial charge on any atom is 0.305 e. The Morgan fingerprint density at radius 1 is 1.30 bits per heavy atom. The zero-order chi connectivity index (χ0) is 17.1. The maximum absolute atomic E-state index is 13.3. The molecular weight excluding hydrogens is 342 g/mol. The minimum atomic E-state index is -1.98. The Labute approximate surface area is 130 Å². The SMILES string of the molecule is O=C(O)CC1SC(=NN=Cc2cc(F)c(F)c(F)c2F)NC1=O. The number of amidine groups is 1. The van der Waals surface area contributed by atoms with E-state index in [1.54, 1.807) is 0 Å². The number of nitrogens with one attached hydrogen (secondary N) is 1. The lowest BCUT2D eigenvalue weighted by Crippen LogP contribution is -2.26. The highest BCUT2D eigenvalue weighted by Crippen LogP contribution is 2.22. The zero-order valence-corrected chi connectivity index (χ0v) is 11.8. The molecule has 2 rings (SSSR count). The van der Waals surface area contributed by atoms with Crippen molar-refractivity contribution in [3.63, 3.8) is 0 Å². The largest absolute Gasteiger partial charge is 0.481 e. The zero-order valence-electron chi connectivity index (χ0n) is 11.0. The highest BCUT2D eigenvalue weighted by molar-refractivity contribution is 8.15. The Hall–Kier alpha value is -2.43. The van der Waals surface area contributed by atoms with Gasteiger partial charge in [-0.1, -0.05) is 11.8 Å². The van der Waals surface area contributed by atoms with Gasteiger partial charge in [-0.2, -0.15) is 5.10 Å². The van der Waals surface area contributed by atoms with Crippen molar-refractivity contribution in [2.75, 3.05) is 0 Å². The van der Waals surface area contributed by atoms with E-state index < -0.39 is 52.4 Å². The summed E-state index contributed by atoms with van der Waals surface area (Å²) in [6.07, 6.45) is 0.202. The van der Waals surface area contributed by atoms with E-state index in [0.29, 0.717) is 12.3 Å². The molecule has 0 spiro atoms. The predicted octanol–water partition coefficient (Wildman–Crippen LogP) is 1.64. The molecule has 1 atom stereocenters. The first-order valence-corrected chi connectivity index (χ1v) is 6.81. The van der Waals surface area contributed by atoms with Crippen LogP contribution in [0.25, 0.3) is 0 Å². The molecule has 0 radical (unpaired) electrons. The topological polar surface area (TPSA) is 91.1 Å². The molecule has 1 heterocycles. The van der Waals surface area contributed by atoms with Crippen molar-refractivity contribution in [3.05, 3.63) is 34.9 Å². The Kier molecular flexibility index (Phi) is 4.98. The summed E-state index contributed by atoms with van der Waals surface area (Å²) in [5, 5.41) is 16.7. The Bertz CT molecular complexity index is 739. The summed E-state index contributed by atoms with van der Waals surface area (Å²) in [5.74, 6) is -8.92. The summed E-state index contributed by atoms with van der Waals surface area (Å²) >= 11 is 0.788. The minimum absolute atomic E-state index is 0.0547. The van der Waals surface area contributed by atoms with Crippen molar-refractivity contribution in [1.82, 2.24) is 5.32 Å². The second kappa shape index (κ2) is 6.77. The van der Waals surface area contributed by atoms with Crippen molar-refractivity contribution in [2.24, 2.45) is 10.2 Å². The quantitative estimate of drug-likeness (QED) is 0.284. The van der Waals surface area contributed by atoms with E-state index in [1.807, 2.05) is 0 Å². The molecule has 1 fully saturated rings. The number of carboxylic acid groups (broad SMARTS) is 1. The average Bonchev–Trinajstić information content (AvgIpc) is 2.81. The van der Waals surface area contributed by atoms with Crippen LogP contribution in [0.5, 0.6) is 0 Å². The number of halogens is 4. The Morgan fingerprint density at radius 3 is 2.65 bits per heavy atom. The molecule has 0 bridgehead atoms. The summed E-state index contributed by atoms with van der Waals surface area (Å²) in [6.45, 7) is 0. The van der Waals surface area contributed by atoms with E-state index in [9.17, 15) is 27.2 Å². The standard InChI is InChI=1S/C12H7F4N3O3S/c13-5-1-4(8(14)10(16)9(5)15)3-17-19-12-18-11(22)6(23-12)2-7(20)21/h1,3,6H,2H2,(H,20,21)(H,18,19,22). The number of hydrogen-bond acceptors (Lipinski definition) is 5. The molecule has 122 valence electrons. The highest BCUT2D eigenvalue weighted by atomic mass is 32.2. The van der Waals surface area contributed by atoms with E-state index in [2.05, 4.69) is 15.5 Å². The van der Waals surface area contributed by atoms with E-state index >= 15 is 0 Å². The summed E-state index contributed by atoms with van der Waals surface area (Å²) in [4.78, 5) is 21.9. The number of hydrogen-bond donors (Lipinski definition) is 2. The van der Waals surface area contributed by atoms with Gasteiger partial charge in [-0.3, -0.25) is 9.59 Å². The molecule has 1 aromatic carbocycles. The van der Waals surface area contributed by atoms with E-state index in [0.717, 1.165) is 11.8 Å². The van der Waals surface area contributed by atoms with Gasteiger partial charge in [0.25, 0.3) is 0 Å². The molecule has 0 aromatic heterocycles. The molecule has 1 aliphatic heterocycles. The molecule has 11 heteroatoms. The molecule has 1 aromatic rings. The molecule has 23 heavy (non-hydrogen) atoms. The van der Waals surface area contributed by atoms with Gasteiger partial charge >= 0.3 is 5.97 Å². The predicted molar refractivity (Wildman–Crippen MR) is 73.1 cm³/mol. The van der Waals surface area contributed by atoms with Gasteiger partial charge in [-0.05, 0) is 6.07 Å². The van der Waals surface area contributed by atoms with E-state index in [4.69, 9.17) is 5.11 Å². The fourth-order valence-electron chi connectivity index (χ4n) is 1.57. The first kappa shape index (κ1) is 16.9. The van der Waals surface area contributed by atoms with Crippen molar-refractivity contribution in [2.45, 2.75) is 11.7 Å². The van der Waals surface area contributed by atoms with Crippen LogP contribution in [0.1, 0.15) is 12.0 Å². The van der Waals surface area contributed by atoms with Gasteiger partial charge < -0.3 is 10.4 Å². The number of carbonyl (C=O) groups is 2. The van der Waals surface area contributed by atoms with Crippen LogP contribution in [0, 0.1) is 23.3 Å². The maximum atomic E-state index is 13.3. The lowest BCUT2D eigenvalue weighted by atomic mass is 10.2. The van der Waals surface area contributed by atoms with Crippen LogP contribution in [0.3, 0.4) is 0 Å². The van der Waals surface area contributed by atoms with Crippen LogP contribution in [0.2, 0.25) is 0 Å². The van der Waals surface area contributed by atoms with Crippen molar-refractivity contribution < 1.29 is 32.3 Å². The van der Waals surface area contributed by atoms with Crippen LogP contribution in [0.15, 0.2) is 16.3 Å². The van der Waals surface area contributed by atoms with Gasteiger partial charge in [0.05, 0.1) is 12.6 Å². The van der Waals surface area contributed by atoms with Gasteiger partial charge in [0.15, 0.2) is 28.4 Å². The third-order valence-corrected chi connectivity index (χ3v) is 3.68. The number of rotatable bonds is 4. The summed E-state index contributed by atoms with van der Waals surface area (Å²) in [5.41, 5.74) is -0.679. The van der Waals surface area contributed by atoms with Crippen LogP contribution in [-0.4, -0.2) is 33.6 Å². The molecule has 6 nitrogen and oxygen atoms in total. The molecule has 1 saturated heterocycles. The van der Waals surface area contributed by atoms with Gasteiger partial charge in [0.2, 0.25) is 5.91 Å².